The predicted octanol–water partition coefficient (Wildman–Crippen LogP) is -0.200. The van der Waals surface area contributed by atoms with Crippen molar-refractivity contribution in [2.24, 2.45) is 5.92 Å². The van der Waals surface area contributed by atoms with Crippen LogP contribution in [-0.2, 0) is 4.79 Å². The van der Waals surface area contributed by atoms with E-state index in [1.807, 2.05) is 13.8 Å². The molecule has 2 N–H and O–H groups in total. The normalized spacial score (nSPS) is 13.7. The summed E-state index contributed by atoms with van der Waals surface area (Å²) >= 11 is 0. The summed E-state index contributed by atoms with van der Waals surface area (Å²) in [5.41, 5.74) is 0. The first-order valence-electron chi connectivity index (χ1n) is 3.97. The summed E-state index contributed by atoms with van der Waals surface area (Å²) in [7, 11) is 1.56. The van der Waals surface area contributed by atoms with Gasteiger partial charge in [-0.15, -0.1) is 0 Å². The number of aliphatic hydroxyl groups excluding tert-OH is 1. The summed E-state index contributed by atoms with van der Waals surface area (Å²) < 4.78 is 0. The second-order valence-corrected chi connectivity index (χ2v) is 3.28. The van der Waals surface area contributed by atoms with E-state index in [0.29, 0.717) is 0 Å². The summed E-state index contributed by atoms with van der Waals surface area (Å²) in [6.07, 6.45) is -1.47. The molecule has 0 aliphatic carbocycles. The third kappa shape index (κ3) is 2.79. The van der Waals surface area contributed by atoms with E-state index in [2.05, 4.69) is 0 Å². The van der Waals surface area contributed by atoms with E-state index < -0.39 is 12.3 Å². The molecule has 0 saturated heterocycles. The summed E-state index contributed by atoms with van der Waals surface area (Å²) in [5.74, 6) is -0.138. The van der Waals surface area contributed by atoms with E-state index in [-0.39, 0.29) is 11.8 Å². The maximum atomic E-state index is 10.9. The molecule has 4 heteroatoms. The smallest absolute Gasteiger partial charge is 0.219 e. The van der Waals surface area contributed by atoms with Crippen LogP contribution in [0.15, 0.2) is 0 Å². The summed E-state index contributed by atoms with van der Waals surface area (Å²) in [6, 6.07) is -0.525. The average molecular weight is 175 g/mol. The van der Waals surface area contributed by atoms with Gasteiger partial charge in [-0.05, 0) is 5.92 Å². The molecular formula is C8H17NO3. The molecule has 0 aromatic rings. The van der Waals surface area contributed by atoms with Crippen LogP contribution in [0.1, 0.15) is 20.8 Å². The Balaban J connectivity index is 4.40. The van der Waals surface area contributed by atoms with E-state index in [1.165, 1.54) is 11.8 Å². The zero-order valence-electron chi connectivity index (χ0n) is 7.98. The molecule has 0 bridgehead atoms. The minimum absolute atomic E-state index is 0.0268. The van der Waals surface area contributed by atoms with Crippen LogP contribution in [0.5, 0.6) is 0 Å². The molecule has 1 atom stereocenters. The fourth-order valence-corrected chi connectivity index (χ4v) is 1.20. The van der Waals surface area contributed by atoms with Gasteiger partial charge in [0.15, 0.2) is 6.29 Å². The lowest BCUT2D eigenvalue weighted by atomic mass is 10.0. The lowest BCUT2D eigenvalue weighted by molar-refractivity contribution is -0.146. The minimum Gasteiger partial charge on any atom is -0.366 e. The number of carbonyl (C=O) groups is 1. The molecule has 0 heterocycles. The fourth-order valence-electron chi connectivity index (χ4n) is 1.20. The topological polar surface area (TPSA) is 60.8 Å². The Hall–Kier alpha value is -0.610. The Kier molecular flexibility index (Phi) is 4.20. The number of amides is 1. The molecule has 0 rings (SSSR count). The Bertz CT molecular complexity index is 148. The van der Waals surface area contributed by atoms with Crippen molar-refractivity contribution in [2.45, 2.75) is 33.1 Å². The van der Waals surface area contributed by atoms with Crippen molar-refractivity contribution in [1.82, 2.24) is 4.90 Å². The highest BCUT2D eigenvalue weighted by Crippen LogP contribution is 2.11. The van der Waals surface area contributed by atoms with Crippen LogP contribution < -0.4 is 0 Å². The van der Waals surface area contributed by atoms with Gasteiger partial charge in [-0.2, -0.15) is 0 Å². The maximum Gasteiger partial charge on any atom is 0.219 e. The summed E-state index contributed by atoms with van der Waals surface area (Å²) in [4.78, 5) is 12.2. The van der Waals surface area contributed by atoms with E-state index in [0.717, 1.165) is 0 Å². The van der Waals surface area contributed by atoms with E-state index in [1.54, 1.807) is 7.05 Å². The average Bonchev–Trinajstić information content (AvgIpc) is 1.85. The van der Waals surface area contributed by atoms with Gasteiger partial charge in [0.2, 0.25) is 5.91 Å². The van der Waals surface area contributed by atoms with Crippen LogP contribution in [0.2, 0.25) is 0 Å². The van der Waals surface area contributed by atoms with Gasteiger partial charge in [-0.1, -0.05) is 13.8 Å². The van der Waals surface area contributed by atoms with Crippen molar-refractivity contribution in [1.29, 1.82) is 0 Å². The third-order valence-corrected chi connectivity index (χ3v) is 1.93. The number of likely N-dealkylation sites (N-methyl/N-ethyl adjacent to an activating group) is 1. The van der Waals surface area contributed by atoms with Crippen LogP contribution in [0.4, 0.5) is 0 Å². The molecule has 0 aromatic carbocycles. The first-order valence-corrected chi connectivity index (χ1v) is 3.97. The van der Waals surface area contributed by atoms with E-state index in [4.69, 9.17) is 10.2 Å². The lowest BCUT2D eigenvalue weighted by Crippen LogP contribution is -2.47. The van der Waals surface area contributed by atoms with Gasteiger partial charge in [0.25, 0.3) is 0 Å². The first kappa shape index (κ1) is 11.4. The molecule has 0 aliphatic heterocycles. The largest absolute Gasteiger partial charge is 0.366 e. The van der Waals surface area contributed by atoms with Crippen molar-refractivity contribution in [3.05, 3.63) is 0 Å². The molecule has 0 radical (unpaired) electrons. The van der Waals surface area contributed by atoms with E-state index >= 15 is 0 Å². The van der Waals surface area contributed by atoms with Crippen molar-refractivity contribution in [3.63, 3.8) is 0 Å². The third-order valence-electron chi connectivity index (χ3n) is 1.93. The van der Waals surface area contributed by atoms with Gasteiger partial charge in [-0.3, -0.25) is 4.79 Å². The van der Waals surface area contributed by atoms with Gasteiger partial charge in [0, 0.05) is 14.0 Å². The number of carbonyl (C=O) groups excluding carboxylic acids is 1. The molecule has 1 amide bonds. The lowest BCUT2D eigenvalue weighted by Gasteiger charge is -2.31. The molecule has 0 spiro atoms. The predicted molar refractivity (Wildman–Crippen MR) is 45.3 cm³/mol. The number of aliphatic hydroxyl groups is 2. The molecule has 0 fully saturated rings. The van der Waals surface area contributed by atoms with Crippen LogP contribution in [0, 0.1) is 5.92 Å². The fraction of sp³-hybridized carbons (Fsp3) is 0.875. The Morgan fingerprint density at radius 3 is 1.83 bits per heavy atom. The van der Waals surface area contributed by atoms with Crippen molar-refractivity contribution >= 4 is 5.91 Å². The highest BCUT2D eigenvalue weighted by atomic mass is 16.5. The minimum atomic E-state index is -1.47. The molecular weight excluding hydrogens is 158 g/mol. The Morgan fingerprint density at radius 2 is 1.75 bits per heavy atom. The van der Waals surface area contributed by atoms with Gasteiger partial charge in [-0.25, -0.2) is 0 Å². The summed E-state index contributed by atoms with van der Waals surface area (Å²) in [6.45, 7) is 5.07. The van der Waals surface area contributed by atoms with Crippen LogP contribution in [0.3, 0.4) is 0 Å². The number of hydrogen-bond acceptors (Lipinski definition) is 3. The zero-order valence-corrected chi connectivity index (χ0v) is 7.98. The van der Waals surface area contributed by atoms with Gasteiger partial charge >= 0.3 is 0 Å². The first-order chi connectivity index (χ1) is 5.37. The molecule has 72 valence electrons. The number of rotatable bonds is 3. The Labute approximate surface area is 72.8 Å². The molecule has 4 nitrogen and oxygen atoms in total. The van der Waals surface area contributed by atoms with Crippen LogP contribution in [0.25, 0.3) is 0 Å². The molecule has 0 aliphatic rings. The zero-order chi connectivity index (χ0) is 9.89. The summed E-state index contributed by atoms with van der Waals surface area (Å²) in [5, 5.41) is 17.9. The SMILES string of the molecule is CC(=O)N(C)[C@@H](C(C)C)C(O)O. The molecule has 0 aromatic heterocycles. The van der Waals surface area contributed by atoms with Crippen molar-refractivity contribution in [2.75, 3.05) is 7.05 Å². The molecule has 0 unspecified atom stereocenters. The Morgan fingerprint density at radius 1 is 1.33 bits per heavy atom. The molecule has 12 heavy (non-hydrogen) atoms. The maximum absolute atomic E-state index is 10.9. The van der Waals surface area contributed by atoms with E-state index in [9.17, 15) is 4.79 Å². The second kappa shape index (κ2) is 4.42. The monoisotopic (exact) mass is 175 g/mol. The second-order valence-electron chi connectivity index (χ2n) is 3.28. The van der Waals surface area contributed by atoms with Gasteiger partial charge < -0.3 is 15.1 Å². The number of nitrogens with zero attached hydrogens (tertiary/aromatic N) is 1. The highest BCUT2D eigenvalue weighted by molar-refractivity contribution is 5.73. The van der Waals surface area contributed by atoms with Gasteiger partial charge in [0.05, 0.1) is 6.04 Å². The van der Waals surface area contributed by atoms with Gasteiger partial charge in [0.1, 0.15) is 0 Å². The standard InChI is InChI=1S/C8H17NO3/c1-5(2)7(8(11)12)9(4)6(3)10/h5,7-8,11-12H,1-4H3/t7-/m0/s1. The number of hydrogen-bond donors (Lipinski definition) is 2. The molecule has 0 saturated carbocycles. The van der Waals surface area contributed by atoms with Crippen LogP contribution >= 0.6 is 0 Å². The quantitative estimate of drug-likeness (QED) is 0.584. The highest BCUT2D eigenvalue weighted by Gasteiger charge is 2.26. The van der Waals surface area contributed by atoms with Crippen molar-refractivity contribution < 1.29 is 15.0 Å². The van der Waals surface area contributed by atoms with Crippen molar-refractivity contribution in [3.8, 4) is 0 Å². The van der Waals surface area contributed by atoms with Crippen LogP contribution in [-0.4, -0.2) is 40.4 Å².